The van der Waals surface area contributed by atoms with E-state index in [0.29, 0.717) is 18.1 Å². The van der Waals surface area contributed by atoms with E-state index in [2.05, 4.69) is 10.5 Å². The van der Waals surface area contributed by atoms with Crippen molar-refractivity contribution in [2.24, 2.45) is 5.16 Å². The fraction of sp³-hybridized carbons (Fsp3) is 0.600. The molecule has 0 radical (unpaired) electrons. The molecule has 1 saturated heterocycles. The second-order valence-corrected chi connectivity index (χ2v) is 8.22. The van der Waals surface area contributed by atoms with Gasteiger partial charge in [0.15, 0.2) is 0 Å². The van der Waals surface area contributed by atoms with E-state index in [1.165, 1.54) is 19.3 Å². The van der Waals surface area contributed by atoms with Crippen LogP contribution in [0.1, 0.15) is 56.9 Å². The van der Waals surface area contributed by atoms with Gasteiger partial charge < -0.3 is 15.0 Å². The van der Waals surface area contributed by atoms with Crippen LogP contribution in [0, 0.1) is 0 Å². The third-order valence-corrected chi connectivity index (χ3v) is 6.04. The highest BCUT2D eigenvalue weighted by Gasteiger charge is 2.43. The van der Waals surface area contributed by atoms with Gasteiger partial charge in [0.05, 0.1) is 5.71 Å². The van der Waals surface area contributed by atoms with Gasteiger partial charge in [-0.05, 0) is 30.5 Å². The van der Waals surface area contributed by atoms with E-state index >= 15 is 0 Å². The number of halogens is 1. The van der Waals surface area contributed by atoms with Crippen LogP contribution in [0.5, 0.6) is 0 Å². The molecule has 6 nitrogen and oxygen atoms in total. The number of benzene rings is 1. The highest BCUT2D eigenvalue weighted by Crippen LogP contribution is 2.36. The Morgan fingerprint density at radius 1 is 1.19 bits per heavy atom. The Hall–Kier alpha value is -1.79. The highest BCUT2D eigenvalue weighted by atomic mass is 35.5. The Balaban J connectivity index is 1.24. The molecule has 7 heteroatoms. The molecule has 2 aliphatic heterocycles. The lowest BCUT2D eigenvalue weighted by Gasteiger charge is -2.36. The first kappa shape index (κ1) is 18.6. The molecule has 3 aliphatic rings. The molecule has 1 N–H and O–H groups in total. The number of oxime groups is 1. The van der Waals surface area contributed by atoms with Gasteiger partial charge in [0, 0.05) is 43.4 Å². The first-order valence-corrected chi connectivity index (χ1v) is 10.2. The van der Waals surface area contributed by atoms with Crippen molar-refractivity contribution in [3.63, 3.8) is 0 Å². The van der Waals surface area contributed by atoms with Crippen LogP contribution in [0.3, 0.4) is 0 Å². The van der Waals surface area contributed by atoms with Crippen LogP contribution < -0.4 is 5.32 Å². The van der Waals surface area contributed by atoms with Gasteiger partial charge in [-0.2, -0.15) is 0 Å². The standard InChI is InChI=1S/C20H26ClN3O3/c21-16-8-6-15(7-9-16)18-14-20(27-23-18)10-12-24(13-11-20)26-19(25)22-17-4-2-1-3-5-17/h6-9,17H,1-5,10-14H2,(H,22,25). The molecule has 2 fully saturated rings. The Morgan fingerprint density at radius 3 is 2.59 bits per heavy atom. The molecule has 4 rings (SSSR count). The van der Waals surface area contributed by atoms with E-state index in [1.807, 2.05) is 24.3 Å². The number of hydrogen-bond acceptors (Lipinski definition) is 5. The molecule has 0 unspecified atom stereocenters. The largest absolute Gasteiger partial charge is 0.426 e. The van der Waals surface area contributed by atoms with Gasteiger partial charge in [0.25, 0.3) is 0 Å². The Bertz CT molecular complexity index is 693. The average molecular weight is 392 g/mol. The topological polar surface area (TPSA) is 63.2 Å². The molecule has 27 heavy (non-hydrogen) atoms. The van der Waals surface area contributed by atoms with E-state index in [0.717, 1.165) is 43.4 Å². The van der Waals surface area contributed by atoms with E-state index in [9.17, 15) is 4.79 Å². The zero-order valence-corrected chi connectivity index (χ0v) is 16.2. The molecular formula is C20H26ClN3O3. The van der Waals surface area contributed by atoms with Gasteiger partial charge in [0.1, 0.15) is 5.60 Å². The zero-order chi connectivity index (χ0) is 18.7. The van der Waals surface area contributed by atoms with Crippen molar-refractivity contribution in [1.82, 2.24) is 10.4 Å². The number of rotatable bonds is 3. The van der Waals surface area contributed by atoms with Gasteiger partial charge in [-0.3, -0.25) is 0 Å². The van der Waals surface area contributed by atoms with E-state index in [1.54, 1.807) is 5.06 Å². The van der Waals surface area contributed by atoms with Crippen molar-refractivity contribution in [3.8, 4) is 0 Å². The number of hydroxylamine groups is 2. The summed E-state index contributed by atoms with van der Waals surface area (Å²) >= 11 is 5.96. The molecule has 1 aromatic rings. The van der Waals surface area contributed by atoms with Crippen LogP contribution >= 0.6 is 11.6 Å². The minimum Gasteiger partial charge on any atom is -0.388 e. The van der Waals surface area contributed by atoms with Crippen LogP contribution in [0.15, 0.2) is 29.4 Å². The third kappa shape index (κ3) is 4.55. The quantitative estimate of drug-likeness (QED) is 0.835. The monoisotopic (exact) mass is 391 g/mol. The van der Waals surface area contributed by atoms with Crippen molar-refractivity contribution in [2.75, 3.05) is 13.1 Å². The van der Waals surface area contributed by atoms with Crippen molar-refractivity contribution >= 4 is 23.4 Å². The summed E-state index contributed by atoms with van der Waals surface area (Å²) < 4.78 is 0. The Kier molecular flexibility index (Phi) is 5.55. The molecule has 2 heterocycles. The van der Waals surface area contributed by atoms with Gasteiger partial charge in [-0.1, -0.05) is 48.2 Å². The summed E-state index contributed by atoms with van der Waals surface area (Å²) in [5.74, 6) is 0. The summed E-state index contributed by atoms with van der Waals surface area (Å²) in [5, 5.41) is 9.76. The summed E-state index contributed by atoms with van der Waals surface area (Å²) in [7, 11) is 0. The molecule has 1 amide bonds. The number of hydrogen-bond donors (Lipinski definition) is 1. The smallest absolute Gasteiger partial charge is 0.388 e. The van der Waals surface area contributed by atoms with Gasteiger partial charge in [0.2, 0.25) is 0 Å². The van der Waals surface area contributed by atoms with Gasteiger partial charge in [-0.15, -0.1) is 5.06 Å². The van der Waals surface area contributed by atoms with E-state index in [4.69, 9.17) is 21.3 Å². The number of carbonyl (C=O) groups is 1. The van der Waals surface area contributed by atoms with Crippen LogP contribution in [0.25, 0.3) is 0 Å². The number of nitrogens with one attached hydrogen (secondary N) is 1. The number of piperidine rings is 1. The molecule has 0 atom stereocenters. The SMILES string of the molecule is O=C(NC1CCCCC1)ON1CCC2(CC1)CC(c1ccc(Cl)cc1)=NO2. The zero-order valence-electron chi connectivity index (χ0n) is 15.5. The maximum absolute atomic E-state index is 12.1. The van der Waals surface area contributed by atoms with Crippen molar-refractivity contribution in [3.05, 3.63) is 34.9 Å². The first-order chi connectivity index (χ1) is 13.1. The fourth-order valence-electron chi connectivity index (χ4n) is 4.13. The van der Waals surface area contributed by atoms with E-state index < -0.39 is 0 Å². The first-order valence-electron chi connectivity index (χ1n) is 9.86. The molecular weight excluding hydrogens is 366 g/mol. The molecule has 146 valence electrons. The Morgan fingerprint density at radius 2 is 1.89 bits per heavy atom. The lowest BCUT2D eigenvalue weighted by Crippen LogP contribution is -2.47. The molecule has 1 saturated carbocycles. The maximum atomic E-state index is 12.1. The summed E-state index contributed by atoms with van der Waals surface area (Å²) in [6.07, 6.45) is 7.75. The molecule has 1 aromatic carbocycles. The lowest BCUT2D eigenvalue weighted by molar-refractivity contribution is -0.158. The molecule has 1 aliphatic carbocycles. The molecule has 0 bridgehead atoms. The third-order valence-electron chi connectivity index (χ3n) is 5.79. The van der Waals surface area contributed by atoms with Gasteiger partial charge >= 0.3 is 6.09 Å². The van der Waals surface area contributed by atoms with Crippen LogP contribution in [0.2, 0.25) is 5.02 Å². The highest BCUT2D eigenvalue weighted by molar-refractivity contribution is 6.30. The number of nitrogens with zero attached hydrogens (tertiary/aromatic N) is 2. The molecule has 0 aromatic heterocycles. The minimum atomic E-state index is -0.330. The summed E-state index contributed by atoms with van der Waals surface area (Å²) in [6, 6.07) is 7.93. The predicted octanol–water partition coefficient (Wildman–Crippen LogP) is 4.27. The summed E-state index contributed by atoms with van der Waals surface area (Å²) in [5.41, 5.74) is 1.71. The second-order valence-electron chi connectivity index (χ2n) is 7.78. The van der Waals surface area contributed by atoms with Crippen LogP contribution in [-0.2, 0) is 9.68 Å². The summed E-state index contributed by atoms with van der Waals surface area (Å²) in [4.78, 5) is 23.4. The minimum absolute atomic E-state index is 0.260. The van der Waals surface area contributed by atoms with Crippen molar-refractivity contribution in [2.45, 2.75) is 63.0 Å². The average Bonchev–Trinajstić information content (AvgIpc) is 3.09. The Labute approximate surface area is 164 Å². The lowest BCUT2D eigenvalue weighted by atomic mass is 9.86. The molecule has 1 spiro atoms. The number of carbonyl (C=O) groups excluding carboxylic acids is 1. The fourth-order valence-corrected chi connectivity index (χ4v) is 4.25. The number of amides is 1. The van der Waals surface area contributed by atoms with Gasteiger partial charge in [-0.25, -0.2) is 4.79 Å². The van der Waals surface area contributed by atoms with Crippen molar-refractivity contribution in [1.29, 1.82) is 0 Å². The van der Waals surface area contributed by atoms with Crippen LogP contribution in [0.4, 0.5) is 4.79 Å². The van der Waals surface area contributed by atoms with E-state index in [-0.39, 0.29) is 17.7 Å². The normalized spacial score (nSPS) is 22.9. The summed E-state index contributed by atoms with van der Waals surface area (Å²) in [6.45, 7) is 1.31. The second kappa shape index (κ2) is 8.07. The predicted molar refractivity (Wildman–Crippen MR) is 104 cm³/mol. The maximum Gasteiger partial charge on any atom is 0.426 e. The van der Waals surface area contributed by atoms with Crippen LogP contribution in [-0.4, -0.2) is 41.6 Å². The van der Waals surface area contributed by atoms with Crippen molar-refractivity contribution < 1.29 is 14.5 Å².